The maximum Gasteiger partial charge on any atom is 0.220 e. The monoisotopic (exact) mass is 265 g/mol. The molecular weight excluding hydrogens is 242 g/mol. The zero-order valence-electron chi connectivity index (χ0n) is 11.9. The van der Waals surface area contributed by atoms with Crippen molar-refractivity contribution in [2.24, 2.45) is 5.92 Å². The number of para-hydroxylation sites is 2. The van der Waals surface area contributed by atoms with Crippen molar-refractivity contribution in [1.29, 1.82) is 0 Å². The first-order valence-electron chi connectivity index (χ1n) is 6.66. The third-order valence-electron chi connectivity index (χ3n) is 2.58. The van der Waals surface area contributed by atoms with E-state index in [-0.39, 0.29) is 5.91 Å². The summed E-state index contributed by atoms with van der Waals surface area (Å²) in [5.74, 6) is 1.99. The standard InChI is InChI=1S/C15H23NO3/c1-12(2)11-16-15(17)9-6-10-19-14-8-5-4-7-13(14)18-3/h4-5,7-8,12H,6,9-11H2,1-3H3,(H,16,17). The molecule has 4 nitrogen and oxygen atoms in total. The fourth-order valence-electron chi connectivity index (χ4n) is 1.56. The van der Waals surface area contributed by atoms with Crippen LogP contribution in [0.15, 0.2) is 24.3 Å². The van der Waals surface area contributed by atoms with Gasteiger partial charge >= 0.3 is 0 Å². The van der Waals surface area contributed by atoms with E-state index >= 15 is 0 Å². The summed E-state index contributed by atoms with van der Waals surface area (Å²) in [6.45, 7) is 5.39. The average Bonchev–Trinajstić information content (AvgIpc) is 2.41. The Labute approximate surface area is 115 Å². The van der Waals surface area contributed by atoms with Crippen molar-refractivity contribution in [2.75, 3.05) is 20.3 Å². The Morgan fingerprint density at radius 1 is 1.26 bits per heavy atom. The quantitative estimate of drug-likeness (QED) is 0.735. The van der Waals surface area contributed by atoms with Crippen LogP contribution in [0.25, 0.3) is 0 Å². The van der Waals surface area contributed by atoms with Crippen LogP contribution < -0.4 is 14.8 Å². The second-order valence-electron chi connectivity index (χ2n) is 4.80. The van der Waals surface area contributed by atoms with E-state index in [2.05, 4.69) is 19.2 Å². The van der Waals surface area contributed by atoms with Crippen LogP contribution in [0.4, 0.5) is 0 Å². The van der Waals surface area contributed by atoms with E-state index < -0.39 is 0 Å². The van der Waals surface area contributed by atoms with Crippen LogP contribution in [0, 0.1) is 5.92 Å². The summed E-state index contributed by atoms with van der Waals surface area (Å²) >= 11 is 0. The fraction of sp³-hybridized carbons (Fsp3) is 0.533. The molecule has 1 amide bonds. The Bertz CT molecular complexity index is 391. The summed E-state index contributed by atoms with van der Waals surface area (Å²) < 4.78 is 10.8. The van der Waals surface area contributed by atoms with Crippen LogP contribution in [-0.4, -0.2) is 26.2 Å². The molecule has 1 rings (SSSR count). The van der Waals surface area contributed by atoms with Crippen LogP contribution in [0.2, 0.25) is 0 Å². The second kappa shape index (κ2) is 8.40. The Morgan fingerprint density at radius 2 is 1.95 bits per heavy atom. The highest BCUT2D eigenvalue weighted by Crippen LogP contribution is 2.25. The molecule has 0 aromatic heterocycles. The normalized spacial score (nSPS) is 10.3. The molecule has 0 spiro atoms. The van der Waals surface area contributed by atoms with Gasteiger partial charge in [-0.05, 0) is 24.5 Å². The predicted molar refractivity (Wildman–Crippen MR) is 75.6 cm³/mol. The van der Waals surface area contributed by atoms with Crippen molar-refractivity contribution >= 4 is 5.91 Å². The van der Waals surface area contributed by atoms with Gasteiger partial charge in [-0.3, -0.25) is 4.79 Å². The van der Waals surface area contributed by atoms with Crippen LogP contribution in [-0.2, 0) is 4.79 Å². The van der Waals surface area contributed by atoms with Gasteiger partial charge in [0.25, 0.3) is 0 Å². The number of methoxy groups -OCH3 is 1. The zero-order valence-corrected chi connectivity index (χ0v) is 11.9. The number of hydrogen-bond donors (Lipinski definition) is 1. The Kier molecular flexibility index (Phi) is 6.79. The van der Waals surface area contributed by atoms with Crippen LogP contribution in [0.1, 0.15) is 26.7 Å². The lowest BCUT2D eigenvalue weighted by Crippen LogP contribution is -2.27. The zero-order chi connectivity index (χ0) is 14.1. The number of benzene rings is 1. The minimum Gasteiger partial charge on any atom is -0.493 e. The molecule has 0 saturated carbocycles. The molecule has 0 unspecified atom stereocenters. The van der Waals surface area contributed by atoms with Gasteiger partial charge in [0.2, 0.25) is 5.91 Å². The van der Waals surface area contributed by atoms with Gasteiger partial charge in [0, 0.05) is 13.0 Å². The highest BCUT2D eigenvalue weighted by molar-refractivity contribution is 5.75. The third kappa shape index (κ3) is 6.13. The molecule has 19 heavy (non-hydrogen) atoms. The Morgan fingerprint density at radius 3 is 2.58 bits per heavy atom. The highest BCUT2D eigenvalue weighted by atomic mass is 16.5. The topological polar surface area (TPSA) is 47.6 Å². The molecule has 0 aliphatic rings. The lowest BCUT2D eigenvalue weighted by molar-refractivity contribution is -0.121. The van der Waals surface area contributed by atoms with Crippen molar-refractivity contribution in [3.63, 3.8) is 0 Å². The average molecular weight is 265 g/mol. The largest absolute Gasteiger partial charge is 0.493 e. The summed E-state index contributed by atoms with van der Waals surface area (Å²) in [7, 11) is 1.61. The minimum atomic E-state index is 0.0809. The Hall–Kier alpha value is -1.71. The maximum atomic E-state index is 11.5. The van der Waals surface area contributed by atoms with E-state index in [1.807, 2.05) is 24.3 Å². The summed E-state index contributed by atoms with van der Waals surface area (Å²) in [4.78, 5) is 11.5. The summed E-state index contributed by atoms with van der Waals surface area (Å²) in [6.07, 6.45) is 1.18. The smallest absolute Gasteiger partial charge is 0.220 e. The van der Waals surface area contributed by atoms with E-state index in [9.17, 15) is 4.79 Å². The van der Waals surface area contributed by atoms with Crippen LogP contribution in [0.3, 0.4) is 0 Å². The number of rotatable bonds is 8. The Balaban J connectivity index is 2.22. The van der Waals surface area contributed by atoms with E-state index in [0.717, 1.165) is 6.54 Å². The second-order valence-corrected chi connectivity index (χ2v) is 4.80. The minimum absolute atomic E-state index is 0.0809. The molecule has 0 fully saturated rings. The van der Waals surface area contributed by atoms with Gasteiger partial charge in [-0.15, -0.1) is 0 Å². The first-order valence-corrected chi connectivity index (χ1v) is 6.66. The summed E-state index contributed by atoms with van der Waals surface area (Å²) in [5, 5.41) is 2.88. The molecule has 1 aromatic carbocycles. The lowest BCUT2D eigenvalue weighted by atomic mass is 10.2. The van der Waals surface area contributed by atoms with Crippen molar-refractivity contribution < 1.29 is 14.3 Å². The number of carbonyl (C=O) groups is 1. The number of hydrogen-bond acceptors (Lipinski definition) is 3. The maximum absolute atomic E-state index is 11.5. The molecule has 0 aliphatic carbocycles. The van der Waals surface area contributed by atoms with Crippen molar-refractivity contribution in [3.05, 3.63) is 24.3 Å². The van der Waals surface area contributed by atoms with Gasteiger partial charge in [-0.1, -0.05) is 26.0 Å². The van der Waals surface area contributed by atoms with Crippen molar-refractivity contribution in [3.8, 4) is 11.5 Å². The molecule has 1 aromatic rings. The third-order valence-corrected chi connectivity index (χ3v) is 2.58. The highest BCUT2D eigenvalue weighted by Gasteiger charge is 2.04. The summed E-state index contributed by atoms with van der Waals surface area (Å²) in [5.41, 5.74) is 0. The molecule has 0 heterocycles. The molecule has 106 valence electrons. The molecule has 4 heteroatoms. The van der Waals surface area contributed by atoms with E-state index in [1.54, 1.807) is 7.11 Å². The van der Waals surface area contributed by atoms with E-state index in [1.165, 1.54) is 0 Å². The lowest BCUT2D eigenvalue weighted by Gasteiger charge is -2.10. The van der Waals surface area contributed by atoms with Gasteiger partial charge in [-0.2, -0.15) is 0 Å². The van der Waals surface area contributed by atoms with Gasteiger partial charge in [0.1, 0.15) is 0 Å². The van der Waals surface area contributed by atoms with Gasteiger partial charge in [0.05, 0.1) is 13.7 Å². The number of ether oxygens (including phenoxy) is 2. The van der Waals surface area contributed by atoms with E-state index in [4.69, 9.17) is 9.47 Å². The first-order chi connectivity index (χ1) is 9.13. The molecule has 0 saturated heterocycles. The summed E-state index contributed by atoms with van der Waals surface area (Å²) in [6, 6.07) is 7.50. The fourth-order valence-corrected chi connectivity index (χ4v) is 1.56. The molecule has 1 N–H and O–H groups in total. The van der Waals surface area contributed by atoms with Gasteiger partial charge < -0.3 is 14.8 Å². The number of amides is 1. The molecule has 0 atom stereocenters. The van der Waals surface area contributed by atoms with Crippen molar-refractivity contribution in [1.82, 2.24) is 5.32 Å². The SMILES string of the molecule is COc1ccccc1OCCCC(=O)NCC(C)C. The van der Waals surface area contributed by atoms with E-state index in [0.29, 0.717) is 36.9 Å². The predicted octanol–water partition coefficient (Wildman–Crippen LogP) is 2.63. The number of carbonyl (C=O) groups excluding carboxylic acids is 1. The van der Waals surface area contributed by atoms with Crippen LogP contribution >= 0.6 is 0 Å². The number of nitrogens with one attached hydrogen (secondary N) is 1. The van der Waals surface area contributed by atoms with Gasteiger partial charge in [0.15, 0.2) is 11.5 Å². The molecule has 0 radical (unpaired) electrons. The molecule has 0 bridgehead atoms. The van der Waals surface area contributed by atoms with Crippen LogP contribution in [0.5, 0.6) is 11.5 Å². The first kappa shape index (κ1) is 15.3. The molecular formula is C15H23NO3. The van der Waals surface area contributed by atoms with Crippen molar-refractivity contribution in [2.45, 2.75) is 26.7 Å². The van der Waals surface area contributed by atoms with Gasteiger partial charge in [-0.25, -0.2) is 0 Å². The molecule has 0 aliphatic heterocycles.